The summed E-state index contributed by atoms with van der Waals surface area (Å²) >= 11 is 0. The van der Waals surface area contributed by atoms with Crippen LogP contribution in [-0.4, -0.2) is 41.4 Å². The molecule has 1 aliphatic rings. The van der Waals surface area contributed by atoms with Gasteiger partial charge >= 0.3 is 6.03 Å². The fourth-order valence-electron chi connectivity index (χ4n) is 2.59. The number of carbonyl (C=O) groups is 1. The minimum atomic E-state index is -0.0528. The number of nitrogens with zero attached hydrogens (tertiary/aromatic N) is 2. The van der Waals surface area contributed by atoms with Crippen molar-refractivity contribution in [3.63, 3.8) is 0 Å². The van der Waals surface area contributed by atoms with Crippen molar-refractivity contribution in [3.8, 4) is 0 Å². The van der Waals surface area contributed by atoms with E-state index >= 15 is 0 Å². The van der Waals surface area contributed by atoms with E-state index in [1.807, 2.05) is 32.6 Å². The van der Waals surface area contributed by atoms with Crippen molar-refractivity contribution in [1.82, 2.24) is 15.4 Å². The Morgan fingerprint density at radius 1 is 1.38 bits per heavy atom. The monoisotopic (exact) mass is 295 g/mol. The lowest BCUT2D eigenvalue weighted by molar-refractivity contribution is -0.0318. The molecular weight excluding hydrogens is 270 g/mol. The molecule has 0 aromatic carbocycles. The van der Waals surface area contributed by atoms with Crippen LogP contribution in [0.2, 0.25) is 0 Å². The Balaban J connectivity index is 1.99. The van der Waals surface area contributed by atoms with E-state index in [2.05, 4.69) is 10.5 Å². The second-order valence-electron chi connectivity index (χ2n) is 5.54. The molecule has 1 aromatic heterocycles. The summed E-state index contributed by atoms with van der Waals surface area (Å²) in [6.45, 7) is 9.72. The maximum atomic E-state index is 12.4. The van der Waals surface area contributed by atoms with Crippen molar-refractivity contribution in [2.45, 2.75) is 59.2 Å². The first-order valence-corrected chi connectivity index (χ1v) is 7.69. The van der Waals surface area contributed by atoms with E-state index in [1.54, 1.807) is 0 Å². The smallest absolute Gasteiger partial charge is 0.318 e. The predicted molar refractivity (Wildman–Crippen MR) is 79.1 cm³/mol. The molecule has 6 nitrogen and oxygen atoms in total. The van der Waals surface area contributed by atoms with Gasteiger partial charge in [-0.1, -0.05) is 19.0 Å². The van der Waals surface area contributed by atoms with E-state index < -0.39 is 0 Å². The van der Waals surface area contributed by atoms with Gasteiger partial charge in [-0.25, -0.2) is 4.79 Å². The van der Waals surface area contributed by atoms with Gasteiger partial charge in [-0.2, -0.15) is 0 Å². The van der Waals surface area contributed by atoms with Crippen molar-refractivity contribution >= 4 is 6.03 Å². The summed E-state index contributed by atoms with van der Waals surface area (Å²) < 4.78 is 10.9. The largest absolute Gasteiger partial charge is 0.375 e. The van der Waals surface area contributed by atoms with Crippen LogP contribution in [-0.2, 0) is 24.1 Å². The molecule has 1 aliphatic heterocycles. The van der Waals surface area contributed by atoms with E-state index in [0.717, 1.165) is 29.9 Å². The molecule has 21 heavy (non-hydrogen) atoms. The third-order valence-corrected chi connectivity index (χ3v) is 3.89. The molecule has 6 heteroatoms. The van der Waals surface area contributed by atoms with Crippen molar-refractivity contribution < 1.29 is 14.1 Å². The Hall–Kier alpha value is -1.56. The molecule has 1 fully saturated rings. The number of morpholine rings is 1. The van der Waals surface area contributed by atoms with E-state index in [0.29, 0.717) is 19.7 Å². The average Bonchev–Trinajstić information content (AvgIpc) is 2.89. The lowest BCUT2D eigenvalue weighted by atomic mass is 10.1. The first kappa shape index (κ1) is 15.8. The third kappa shape index (κ3) is 3.56. The average molecular weight is 295 g/mol. The van der Waals surface area contributed by atoms with Crippen LogP contribution in [0.1, 0.15) is 44.7 Å². The number of ether oxygens (including phenoxy) is 1. The Labute approximate surface area is 125 Å². The van der Waals surface area contributed by atoms with E-state index in [9.17, 15) is 4.79 Å². The summed E-state index contributed by atoms with van der Waals surface area (Å²) in [5.74, 6) is 0.857. The standard InChI is InChI=1S/C15H25N3O3/c1-5-13-12(14(6-2)21-17-13)7-16-15(19)18-8-11(4)20-9-10(18)3/h10-11H,5-9H2,1-4H3,(H,16,19)/t10-,11-/m1/s1. The van der Waals surface area contributed by atoms with Crippen LogP contribution in [0, 0.1) is 0 Å². The Kier molecular flexibility index (Phi) is 5.22. The predicted octanol–water partition coefficient (Wildman–Crippen LogP) is 2.12. The van der Waals surface area contributed by atoms with Gasteiger partial charge in [0, 0.05) is 25.1 Å². The number of hydrogen-bond donors (Lipinski definition) is 1. The molecule has 2 amide bonds. The number of aromatic nitrogens is 1. The van der Waals surface area contributed by atoms with Gasteiger partial charge in [-0.05, 0) is 20.3 Å². The first-order valence-electron chi connectivity index (χ1n) is 7.69. The highest BCUT2D eigenvalue weighted by Crippen LogP contribution is 2.16. The quantitative estimate of drug-likeness (QED) is 0.924. The van der Waals surface area contributed by atoms with Crippen LogP contribution < -0.4 is 5.32 Å². The summed E-state index contributed by atoms with van der Waals surface area (Å²) in [6, 6.07) is 0.0444. The SMILES string of the molecule is CCc1noc(CC)c1CNC(=O)N1C[C@@H](C)OC[C@H]1C. The topological polar surface area (TPSA) is 67.6 Å². The number of urea groups is 1. The minimum absolute atomic E-state index is 0.0528. The van der Waals surface area contributed by atoms with Crippen molar-refractivity contribution in [1.29, 1.82) is 0 Å². The fourth-order valence-corrected chi connectivity index (χ4v) is 2.59. The molecule has 0 unspecified atom stereocenters. The second-order valence-corrected chi connectivity index (χ2v) is 5.54. The molecule has 0 saturated carbocycles. The Morgan fingerprint density at radius 3 is 2.81 bits per heavy atom. The molecule has 0 radical (unpaired) electrons. The molecular formula is C15H25N3O3. The zero-order valence-corrected chi connectivity index (χ0v) is 13.3. The molecule has 1 saturated heterocycles. The van der Waals surface area contributed by atoms with Crippen LogP contribution in [0.4, 0.5) is 4.79 Å². The number of nitrogens with one attached hydrogen (secondary N) is 1. The molecule has 0 bridgehead atoms. The van der Waals surface area contributed by atoms with Crippen LogP contribution >= 0.6 is 0 Å². The maximum absolute atomic E-state index is 12.4. The normalized spacial score (nSPS) is 22.4. The van der Waals surface area contributed by atoms with Gasteiger partial charge in [-0.3, -0.25) is 0 Å². The highest BCUT2D eigenvalue weighted by molar-refractivity contribution is 5.74. The molecule has 2 rings (SSSR count). The number of amides is 2. The zero-order valence-electron chi connectivity index (χ0n) is 13.3. The lowest BCUT2D eigenvalue weighted by Gasteiger charge is -2.36. The van der Waals surface area contributed by atoms with Crippen LogP contribution in [0.3, 0.4) is 0 Å². The third-order valence-electron chi connectivity index (χ3n) is 3.89. The van der Waals surface area contributed by atoms with Crippen LogP contribution in [0.5, 0.6) is 0 Å². The lowest BCUT2D eigenvalue weighted by Crippen LogP contribution is -2.53. The molecule has 1 N–H and O–H groups in total. The van der Waals surface area contributed by atoms with Gasteiger partial charge in [0.1, 0.15) is 5.76 Å². The van der Waals surface area contributed by atoms with Gasteiger partial charge in [0.05, 0.1) is 24.4 Å². The zero-order chi connectivity index (χ0) is 15.4. The number of carbonyl (C=O) groups excluding carboxylic acids is 1. The van der Waals surface area contributed by atoms with E-state index in [4.69, 9.17) is 9.26 Å². The highest BCUT2D eigenvalue weighted by atomic mass is 16.5. The summed E-state index contributed by atoms with van der Waals surface area (Å²) in [5, 5.41) is 7.05. The number of rotatable bonds is 4. The van der Waals surface area contributed by atoms with Crippen molar-refractivity contribution in [2.75, 3.05) is 13.2 Å². The van der Waals surface area contributed by atoms with Crippen LogP contribution in [0.25, 0.3) is 0 Å². The van der Waals surface area contributed by atoms with Crippen molar-refractivity contribution in [3.05, 3.63) is 17.0 Å². The summed E-state index contributed by atoms with van der Waals surface area (Å²) in [4.78, 5) is 14.2. The van der Waals surface area contributed by atoms with Gasteiger partial charge in [0.2, 0.25) is 0 Å². The maximum Gasteiger partial charge on any atom is 0.318 e. The van der Waals surface area contributed by atoms with Crippen molar-refractivity contribution in [2.24, 2.45) is 0 Å². The van der Waals surface area contributed by atoms with Gasteiger partial charge in [0.15, 0.2) is 0 Å². The summed E-state index contributed by atoms with van der Waals surface area (Å²) in [7, 11) is 0. The van der Waals surface area contributed by atoms with Crippen LogP contribution in [0.15, 0.2) is 4.52 Å². The van der Waals surface area contributed by atoms with E-state index in [-0.39, 0.29) is 18.2 Å². The van der Waals surface area contributed by atoms with E-state index in [1.165, 1.54) is 0 Å². The summed E-state index contributed by atoms with van der Waals surface area (Å²) in [6.07, 6.45) is 1.67. The van der Waals surface area contributed by atoms with Gasteiger partial charge in [0.25, 0.3) is 0 Å². The number of hydrogen-bond acceptors (Lipinski definition) is 4. The number of aryl methyl sites for hydroxylation is 2. The molecule has 1 aromatic rings. The molecule has 0 spiro atoms. The second kappa shape index (κ2) is 6.93. The summed E-state index contributed by atoms with van der Waals surface area (Å²) in [5.41, 5.74) is 1.94. The minimum Gasteiger partial charge on any atom is -0.375 e. The molecule has 0 aliphatic carbocycles. The molecule has 118 valence electrons. The Bertz CT molecular complexity index is 465. The highest BCUT2D eigenvalue weighted by Gasteiger charge is 2.27. The molecule has 2 atom stereocenters. The Morgan fingerprint density at radius 2 is 2.14 bits per heavy atom. The van der Waals surface area contributed by atoms with Gasteiger partial charge < -0.3 is 19.5 Å². The molecule has 2 heterocycles. The fraction of sp³-hybridized carbons (Fsp3) is 0.733. The first-order chi connectivity index (χ1) is 10.1. The van der Waals surface area contributed by atoms with Gasteiger partial charge in [-0.15, -0.1) is 0 Å².